The highest BCUT2D eigenvalue weighted by Crippen LogP contribution is 2.27. The predicted molar refractivity (Wildman–Crippen MR) is 74.3 cm³/mol. The van der Waals surface area contributed by atoms with Gasteiger partial charge in [-0.05, 0) is 18.7 Å². The van der Waals surface area contributed by atoms with Crippen molar-refractivity contribution in [3.05, 3.63) is 28.2 Å². The minimum atomic E-state index is 0.0854. The second kappa shape index (κ2) is 6.48. The van der Waals surface area contributed by atoms with Crippen molar-refractivity contribution in [2.75, 3.05) is 19.7 Å². The quantitative estimate of drug-likeness (QED) is 0.847. The molecule has 0 amide bonds. The van der Waals surface area contributed by atoms with Crippen molar-refractivity contribution in [3.63, 3.8) is 0 Å². The third-order valence-electron chi connectivity index (χ3n) is 2.37. The second-order valence-electron chi connectivity index (χ2n) is 4.81. The lowest BCUT2D eigenvalue weighted by Crippen LogP contribution is -2.34. The number of rotatable bonds is 6. The summed E-state index contributed by atoms with van der Waals surface area (Å²) in [6.45, 7) is 8.94. The monoisotopic (exact) mass is 275 g/mol. The average Bonchev–Trinajstić information content (AvgIpc) is 2.28. The van der Waals surface area contributed by atoms with Crippen LogP contribution >= 0.6 is 23.2 Å². The molecule has 0 spiro atoms. The second-order valence-corrected chi connectivity index (χ2v) is 5.62. The van der Waals surface area contributed by atoms with E-state index in [4.69, 9.17) is 27.9 Å². The van der Waals surface area contributed by atoms with Gasteiger partial charge in [-0.1, -0.05) is 44.0 Å². The van der Waals surface area contributed by atoms with E-state index in [9.17, 15) is 0 Å². The van der Waals surface area contributed by atoms with Crippen LogP contribution in [0.3, 0.4) is 0 Å². The average molecular weight is 276 g/mol. The van der Waals surface area contributed by atoms with Gasteiger partial charge in [-0.2, -0.15) is 0 Å². The summed E-state index contributed by atoms with van der Waals surface area (Å²) in [4.78, 5) is 0. The molecule has 0 radical (unpaired) electrons. The smallest absolute Gasteiger partial charge is 0.120 e. The fourth-order valence-electron chi connectivity index (χ4n) is 1.36. The zero-order valence-corrected chi connectivity index (χ0v) is 12.0. The summed E-state index contributed by atoms with van der Waals surface area (Å²) in [6.07, 6.45) is 0. The maximum absolute atomic E-state index is 5.92. The van der Waals surface area contributed by atoms with E-state index in [-0.39, 0.29) is 5.41 Å². The molecule has 0 aliphatic heterocycles. The summed E-state index contributed by atoms with van der Waals surface area (Å²) in [5, 5.41) is 4.39. The first-order valence-electron chi connectivity index (χ1n) is 5.73. The molecule has 0 saturated heterocycles. The number of benzene rings is 1. The van der Waals surface area contributed by atoms with Gasteiger partial charge in [0.15, 0.2) is 0 Å². The fraction of sp³-hybridized carbons (Fsp3) is 0.538. The molecule has 0 fully saturated rings. The van der Waals surface area contributed by atoms with Gasteiger partial charge in [0, 0.05) is 18.0 Å². The van der Waals surface area contributed by atoms with Crippen molar-refractivity contribution >= 4 is 23.2 Å². The summed E-state index contributed by atoms with van der Waals surface area (Å²) >= 11 is 11.8. The van der Waals surface area contributed by atoms with E-state index in [0.717, 1.165) is 18.8 Å². The van der Waals surface area contributed by atoms with E-state index in [1.54, 1.807) is 12.1 Å². The molecule has 0 unspecified atom stereocenters. The molecule has 0 aliphatic rings. The van der Waals surface area contributed by atoms with Gasteiger partial charge in [0.1, 0.15) is 5.75 Å². The predicted octanol–water partition coefficient (Wildman–Crippen LogP) is 4.01. The molecule has 0 aromatic heterocycles. The Morgan fingerprint density at radius 2 is 1.94 bits per heavy atom. The van der Waals surface area contributed by atoms with Crippen LogP contribution in [0.25, 0.3) is 0 Å². The normalized spacial score (nSPS) is 11.6. The van der Waals surface area contributed by atoms with E-state index < -0.39 is 0 Å². The summed E-state index contributed by atoms with van der Waals surface area (Å²) in [6, 6.07) is 5.32. The molecule has 0 aliphatic carbocycles. The Morgan fingerprint density at radius 1 is 1.24 bits per heavy atom. The zero-order chi connectivity index (χ0) is 12.9. The van der Waals surface area contributed by atoms with E-state index in [2.05, 4.69) is 26.1 Å². The van der Waals surface area contributed by atoms with Crippen molar-refractivity contribution in [2.24, 2.45) is 5.41 Å². The molecule has 17 heavy (non-hydrogen) atoms. The van der Waals surface area contributed by atoms with Crippen molar-refractivity contribution < 1.29 is 4.74 Å². The number of hydrogen-bond donors (Lipinski definition) is 1. The van der Waals surface area contributed by atoms with Gasteiger partial charge in [0.05, 0.1) is 16.7 Å². The Labute approximate surface area is 113 Å². The van der Waals surface area contributed by atoms with Crippen LogP contribution in [0.1, 0.15) is 20.8 Å². The first kappa shape index (κ1) is 14.6. The van der Waals surface area contributed by atoms with Crippen LogP contribution in [0.2, 0.25) is 10.0 Å². The molecule has 1 N–H and O–H groups in total. The number of halogens is 2. The number of ether oxygens (including phenoxy) is 1. The standard InChI is InChI=1S/C13H19Cl2NO/c1-4-16-8-13(2,3)9-17-10-5-6-11(14)12(15)7-10/h5-7,16H,4,8-9H2,1-3H3. The van der Waals surface area contributed by atoms with Crippen LogP contribution in [0.5, 0.6) is 5.75 Å². The molecule has 4 heteroatoms. The highest BCUT2D eigenvalue weighted by molar-refractivity contribution is 6.42. The third kappa shape index (κ3) is 5.15. The molecule has 0 bridgehead atoms. The van der Waals surface area contributed by atoms with Crippen molar-refractivity contribution in [1.82, 2.24) is 5.32 Å². The van der Waals surface area contributed by atoms with Gasteiger partial charge in [0.2, 0.25) is 0 Å². The summed E-state index contributed by atoms with van der Waals surface area (Å²) in [7, 11) is 0. The molecule has 0 saturated carbocycles. The van der Waals surface area contributed by atoms with Crippen molar-refractivity contribution in [1.29, 1.82) is 0 Å². The van der Waals surface area contributed by atoms with E-state index >= 15 is 0 Å². The fourth-order valence-corrected chi connectivity index (χ4v) is 1.65. The molecule has 0 heterocycles. The van der Waals surface area contributed by atoms with Crippen LogP contribution in [0.15, 0.2) is 18.2 Å². The molecule has 0 atom stereocenters. The topological polar surface area (TPSA) is 21.3 Å². The molecule has 1 aromatic carbocycles. The minimum Gasteiger partial charge on any atom is -0.493 e. The SMILES string of the molecule is CCNCC(C)(C)COc1ccc(Cl)c(Cl)c1. The Morgan fingerprint density at radius 3 is 2.53 bits per heavy atom. The Bertz CT molecular complexity index is 366. The molecule has 1 rings (SSSR count). The summed E-state index contributed by atoms with van der Waals surface area (Å²) in [5.74, 6) is 0.754. The third-order valence-corrected chi connectivity index (χ3v) is 3.11. The maximum Gasteiger partial charge on any atom is 0.120 e. The number of nitrogens with one attached hydrogen (secondary N) is 1. The van der Waals surface area contributed by atoms with Gasteiger partial charge in [-0.15, -0.1) is 0 Å². The van der Waals surface area contributed by atoms with E-state index in [1.165, 1.54) is 0 Å². The first-order chi connectivity index (χ1) is 7.94. The summed E-state index contributed by atoms with van der Waals surface area (Å²) in [5.41, 5.74) is 0.0854. The Kier molecular flexibility index (Phi) is 5.57. The Hall–Kier alpha value is -0.440. The number of hydrogen-bond acceptors (Lipinski definition) is 2. The maximum atomic E-state index is 5.92. The van der Waals surface area contributed by atoms with Crippen molar-refractivity contribution in [2.45, 2.75) is 20.8 Å². The lowest BCUT2D eigenvalue weighted by Gasteiger charge is -2.25. The lowest BCUT2D eigenvalue weighted by molar-refractivity contribution is 0.177. The molecule has 2 nitrogen and oxygen atoms in total. The van der Waals surface area contributed by atoms with Crippen LogP contribution in [0.4, 0.5) is 0 Å². The van der Waals surface area contributed by atoms with Gasteiger partial charge in [-0.3, -0.25) is 0 Å². The highest BCUT2D eigenvalue weighted by atomic mass is 35.5. The van der Waals surface area contributed by atoms with Gasteiger partial charge >= 0.3 is 0 Å². The lowest BCUT2D eigenvalue weighted by atomic mass is 9.95. The zero-order valence-electron chi connectivity index (χ0n) is 10.5. The van der Waals surface area contributed by atoms with Crippen LogP contribution in [-0.4, -0.2) is 19.7 Å². The van der Waals surface area contributed by atoms with Gasteiger partial charge in [0.25, 0.3) is 0 Å². The largest absolute Gasteiger partial charge is 0.493 e. The Balaban J connectivity index is 2.51. The van der Waals surface area contributed by atoms with E-state index in [1.807, 2.05) is 6.07 Å². The van der Waals surface area contributed by atoms with Gasteiger partial charge in [-0.25, -0.2) is 0 Å². The summed E-state index contributed by atoms with van der Waals surface area (Å²) < 4.78 is 5.72. The molecular formula is C13H19Cl2NO. The molecular weight excluding hydrogens is 257 g/mol. The first-order valence-corrected chi connectivity index (χ1v) is 6.49. The molecule has 1 aromatic rings. The van der Waals surface area contributed by atoms with E-state index in [0.29, 0.717) is 16.7 Å². The minimum absolute atomic E-state index is 0.0854. The molecule has 96 valence electrons. The van der Waals surface area contributed by atoms with Crippen LogP contribution in [-0.2, 0) is 0 Å². The van der Waals surface area contributed by atoms with Crippen LogP contribution < -0.4 is 10.1 Å². The highest BCUT2D eigenvalue weighted by Gasteiger charge is 2.18. The van der Waals surface area contributed by atoms with Crippen molar-refractivity contribution in [3.8, 4) is 5.75 Å². The van der Waals surface area contributed by atoms with Crippen LogP contribution in [0, 0.1) is 5.41 Å². The van der Waals surface area contributed by atoms with Gasteiger partial charge < -0.3 is 10.1 Å².